The topological polar surface area (TPSA) is 59.8 Å². The Labute approximate surface area is 152 Å². The number of carbonyl (C=O) groups is 1. The van der Waals surface area contributed by atoms with Crippen molar-refractivity contribution < 1.29 is 18.0 Å². The number of nitrogens with zero attached hydrogens (tertiary/aromatic N) is 3. The van der Waals surface area contributed by atoms with Gasteiger partial charge in [0.1, 0.15) is 5.82 Å². The summed E-state index contributed by atoms with van der Waals surface area (Å²) in [5, 5.41) is 11.2. The average Bonchev–Trinajstić information content (AvgIpc) is 3.35. The lowest BCUT2D eigenvalue weighted by Crippen LogP contribution is -2.18. The number of allylic oxidation sites excluding steroid dienone is 1. The summed E-state index contributed by atoms with van der Waals surface area (Å²) in [6.45, 7) is 4.24. The number of rotatable bonds is 7. The number of hydrogen-bond acceptors (Lipinski definition) is 4. The molecule has 5 nitrogen and oxygen atoms in total. The van der Waals surface area contributed by atoms with E-state index in [9.17, 15) is 18.0 Å². The fourth-order valence-corrected chi connectivity index (χ4v) is 3.26. The van der Waals surface area contributed by atoms with Crippen molar-refractivity contribution in [3.05, 3.63) is 48.3 Å². The van der Waals surface area contributed by atoms with Crippen LogP contribution in [0, 0.1) is 0 Å². The van der Waals surface area contributed by atoms with Gasteiger partial charge in [0, 0.05) is 12.5 Å². The normalized spacial score (nSPS) is 14.3. The predicted octanol–water partition coefficient (Wildman–Crippen LogP) is 4.09. The molecule has 26 heavy (non-hydrogen) atoms. The fraction of sp³-hybridized carbons (Fsp3) is 0.353. The van der Waals surface area contributed by atoms with Gasteiger partial charge in [0.2, 0.25) is 5.91 Å². The van der Waals surface area contributed by atoms with E-state index in [1.807, 2.05) is 4.57 Å². The molecular weight excluding hydrogens is 365 g/mol. The number of halogens is 3. The van der Waals surface area contributed by atoms with Gasteiger partial charge in [0.05, 0.1) is 17.0 Å². The van der Waals surface area contributed by atoms with Gasteiger partial charge in [-0.05, 0) is 25.0 Å². The predicted molar refractivity (Wildman–Crippen MR) is 93.0 cm³/mol. The Morgan fingerprint density at radius 3 is 2.73 bits per heavy atom. The highest BCUT2D eigenvalue weighted by atomic mass is 32.2. The summed E-state index contributed by atoms with van der Waals surface area (Å²) in [5.74, 6) is 0.666. The van der Waals surface area contributed by atoms with Gasteiger partial charge in [-0.25, -0.2) is 0 Å². The maximum Gasteiger partial charge on any atom is 0.418 e. The molecule has 1 aromatic carbocycles. The molecule has 0 aliphatic heterocycles. The maximum absolute atomic E-state index is 13.0. The smallest absolute Gasteiger partial charge is 0.325 e. The summed E-state index contributed by atoms with van der Waals surface area (Å²) >= 11 is 1.14. The zero-order valence-electron chi connectivity index (χ0n) is 13.8. The molecule has 2 aromatic rings. The summed E-state index contributed by atoms with van der Waals surface area (Å²) in [7, 11) is 0. The van der Waals surface area contributed by atoms with Crippen LogP contribution in [0.5, 0.6) is 0 Å². The molecule has 0 atom stereocenters. The molecule has 9 heteroatoms. The second-order valence-corrected chi connectivity index (χ2v) is 6.84. The zero-order valence-corrected chi connectivity index (χ0v) is 14.6. The van der Waals surface area contributed by atoms with Crippen LogP contribution in [0.2, 0.25) is 0 Å². The van der Waals surface area contributed by atoms with Crippen LogP contribution in [0.25, 0.3) is 0 Å². The molecule has 0 saturated heterocycles. The van der Waals surface area contributed by atoms with Crippen molar-refractivity contribution in [2.75, 3.05) is 11.1 Å². The largest absolute Gasteiger partial charge is 0.418 e. The molecule has 0 radical (unpaired) electrons. The second-order valence-electron chi connectivity index (χ2n) is 5.89. The van der Waals surface area contributed by atoms with Crippen LogP contribution in [0.4, 0.5) is 18.9 Å². The number of anilines is 1. The van der Waals surface area contributed by atoms with Crippen LogP contribution in [0.15, 0.2) is 42.1 Å². The lowest BCUT2D eigenvalue weighted by molar-refractivity contribution is -0.137. The van der Waals surface area contributed by atoms with Crippen LogP contribution in [-0.4, -0.2) is 26.4 Å². The monoisotopic (exact) mass is 382 g/mol. The summed E-state index contributed by atoms with van der Waals surface area (Å²) in [6, 6.07) is 4.90. The van der Waals surface area contributed by atoms with Gasteiger partial charge in [0.15, 0.2) is 5.16 Å². The minimum Gasteiger partial charge on any atom is -0.325 e. The van der Waals surface area contributed by atoms with Gasteiger partial charge in [-0.3, -0.25) is 4.79 Å². The Morgan fingerprint density at radius 2 is 2.08 bits per heavy atom. The van der Waals surface area contributed by atoms with E-state index < -0.39 is 17.6 Å². The first kappa shape index (κ1) is 18.5. The molecule has 138 valence electrons. The molecule has 1 aliphatic carbocycles. The van der Waals surface area contributed by atoms with Crippen molar-refractivity contribution in [3.63, 3.8) is 0 Å². The molecule has 1 saturated carbocycles. The highest BCUT2D eigenvalue weighted by Crippen LogP contribution is 2.40. The molecule has 1 fully saturated rings. The molecule has 1 aromatic heterocycles. The van der Waals surface area contributed by atoms with Gasteiger partial charge in [0.25, 0.3) is 0 Å². The molecule has 0 bridgehead atoms. The first-order valence-corrected chi connectivity index (χ1v) is 9.01. The first-order valence-electron chi connectivity index (χ1n) is 8.03. The van der Waals surface area contributed by atoms with E-state index in [0.717, 1.165) is 36.5 Å². The van der Waals surface area contributed by atoms with Crippen molar-refractivity contribution in [1.29, 1.82) is 0 Å². The zero-order chi connectivity index (χ0) is 18.7. The van der Waals surface area contributed by atoms with E-state index in [1.165, 1.54) is 18.2 Å². The Kier molecular flexibility index (Phi) is 5.36. The van der Waals surface area contributed by atoms with E-state index in [4.69, 9.17) is 0 Å². The van der Waals surface area contributed by atoms with Crippen LogP contribution in [-0.2, 0) is 17.5 Å². The lowest BCUT2D eigenvalue weighted by Gasteiger charge is -2.13. The van der Waals surface area contributed by atoms with E-state index in [1.54, 1.807) is 6.08 Å². The standard InChI is InChI=1S/C17H17F3N4OS/c1-2-9-24-15(11-7-8-11)22-23-16(24)26-10-14(25)21-13-6-4-3-5-12(13)17(18,19)20/h2-6,11H,1,7-10H2,(H,21,25). The van der Waals surface area contributed by atoms with E-state index in [-0.39, 0.29) is 11.4 Å². The number of thioether (sulfide) groups is 1. The van der Waals surface area contributed by atoms with E-state index in [2.05, 4.69) is 22.1 Å². The number of hydrogen-bond donors (Lipinski definition) is 1. The third-order valence-corrected chi connectivity index (χ3v) is 4.81. The molecule has 3 rings (SSSR count). The Balaban J connectivity index is 1.66. The van der Waals surface area contributed by atoms with Gasteiger partial charge in [-0.1, -0.05) is 30.0 Å². The van der Waals surface area contributed by atoms with Gasteiger partial charge in [-0.2, -0.15) is 13.2 Å². The third kappa shape index (κ3) is 4.27. The number of carbonyl (C=O) groups excluding carboxylic acids is 1. The SMILES string of the molecule is C=CCn1c(SCC(=O)Nc2ccccc2C(F)(F)F)nnc1C1CC1. The summed E-state index contributed by atoms with van der Waals surface area (Å²) in [4.78, 5) is 12.1. The van der Waals surface area contributed by atoms with Gasteiger partial charge in [-0.15, -0.1) is 16.8 Å². The second kappa shape index (κ2) is 7.53. The average molecular weight is 382 g/mol. The van der Waals surface area contributed by atoms with Crippen LogP contribution >= 0.6 is 11.8 Å². The molecule has 0 unspecified atom stereocenters. The lowest BCUT2D eigenvalue weighted by atomic mass is 10.1. The summed E-state index contributed by atoms with van der Waals surface area (Å²) in [6.07, 6.45) is -0.678. The maximum atomic E-state index is 13.0. The van der Waals surface area contributed by atoms with E-state index >= 15 is 0 Å². The number of benzene rings is 1. The first-order chi connectivity index (χ1) is 12.4. The Bertz CT molecular complexity index is 815. The fourth-order valence-electron chi connectivity index (χ4n) is 2.51. The number of amides is 1. The number of para-hydroxylation sites is 1. The highest BCUT2D eigenvalue weighted by molar-refractivity contribution is 7.99. The van der Waals surface area contributed by atoms with Crippen LogP contribution in [0.1, 0.15) is 30.1 Å². The molecule has 1 aliphatic rings. The molecule has 0 spiro atoms. The molecular formula is C17H17F3N4OS. The Morgan fingerprint density at radius 1 is 1.35 bits per heavy atom. The number of aromatic nitrogens is 3. The van der Waals surface area contributed by atoms with Gasteiger partial charge < -0.3 is 9.88 Å². The van der Waals surface area contributed by atoms with Crippen molar-refractivity contribution in [3.8, 4) is 0 Å². The Hall–Kier alpha value is -2.29. The third-order valence-electron chi connectivity index (χ3n) is 3.84. The molecule has 1 heterocycles. The van der Waals surface area contributed by atoms with Crippen molar-refractivity contribution in [1.82, 2.24) is 14.8 Å². The van der Waals surface area contributed by atoms with E-state index in [0.29, 0.717) is 17.6 Å². The summed E-state index contributed by atoms with van der Waals surface area (Å²) in [5.41, 5.74) is -1.12. The quantitative estimate of drug-likeness (QED) is 0.579. The number of alkyl halides is 3. The van der Waals surface area contributed by atoms with Crippen molar-refractivity contribution in [2.45, 2.75) is 36.6 Å². The minimum atomic E-state index is -4.53. The van der Waals surface area contributed by atoms with Crippen LogP contribution < -0.4 is 5.32 Å². The van der Waals surface area contributed by atoms with Crippen molar-refractivity contribution >= 4 is 23.4 Å². The number of nitrogens with one attached hydrogen (secondary N) is 1. The molecule has 1 amide bonds. The van der Waals surface area contributed by atoms with Gasteiger partial charge >= 0.3 is 6.18 Å². The summed E-state index contributed by atoms with van der Waals surface area (Å²) < 4.78 is 40.8. The molecule has 1 N–H and O–H groups in total. The minimum absolute atomic E-state index is 0.0634. The van der Waals surface area contributed by atoms with Crippen molar-refractivity contribution in [2.24, 2.45) is 0 Å². The highest BCUT2D eigenvalue weighted by Gasteiger charge is 2.33. The van der Waals surface area contributed by atoms with Crippen LogP contribution in [0.3, 0.4) is 0 Å².